The molecule has 0 aromatic carbocycles. The number of Topliss-reactive ketones (excluding diaryl/α,β-unsaturated/α-hetero) is 1. The highest BCUT2D eigenvalue weighted by Crippen LogP contribution is 2.33. The van der Waals surface area contributed by atoms with Crippen LogP contribution in [0, 0.1) is 5.92 Å². The molecular weight excluding hydrogens is 228 g/mol. The summed E-state index contributed by atoms with van der Waals surface area (Å²) in [6, 6.07) is 4.67. The third-order valence-electron chi connectivity index (χ3n) is 4.07. The van der Waals surface area contributed by atoms with Crippen molar-refractivity contribution in [1.82, 2.24) is 10.3 Å². The first-order valence-corrected chi connectivity index (χ1v) is 6.57. The summed E-state index contributed by atoms with van der Waals surface area (Å²) in [6.07, 6.45) is 5.97. The number of hydrogen-bond acceptors (Lipinski definition) is 4. The molecule has 0 radical (unpaired) electrons. The van der Waals surface area contributed by atoms with Gasteiger partial charge in [0.05, 0.1) is 12.7 Å². The fourth-order valence-corrected chi connectivity index (χ4v) is 3.23. The van der Waals surface area contributed by atoms with Crippen LogP contribution in [-0.2, 0) is 0 Å². The molecule has 0 aliphatic carbocycles. The van der Waals surface area contributed by atoms with E-state index in [9.17, 15) is 4.79 Å². The molecule has 1 N–H and O–H groups in total. The lowest BCUT2D eigenvalue weighted by Crippen LogP contribution is -2.40. The van der Waals surface area contributed by atoms with E-state index in [1.165, 1.54) is 12.8 Å². The summed E-state index contributed by atoms with van der Waals surface area (Å²) >= 11 is 0. The number of aromatic nitrogens is 1. The second-order valence-electron chi connectivity index (χ2n) is 5.23. The van der Waals surface area contributed by atoms with Gasteiger partial charge in [0.2, 0.25) is 5.88 Å². The summed E-state index contributed by atoms with van der Waals surface area (Å²) in [5.74, 6) is 0.772. The van der Waals surface area contributed by atoms with Crippen LogP contribution < -0.4 is 10.1 Å². The highest BCUT2D eigenvalue weighted by Gasteiger charge is 2.37. The van der Waals surface area contributed by atoms with Gasteiger partial charge in [-0.25, -0.2) is 4.98 Å². The van der Waals surface area contributed by atoms with Crippen molar-refractivity contribution in [2.75, 3.05) is 7.11 Å². The maximum Gasteiger partial charge on any atom is 0.224 e. The summed E-state index contributed by atoms with van der Waals surface area (Å²) < 4.78 is 5.18. The van der Waals surface area contributed by atoms with Crippen LogP contribution in [0.5, 0.6) is 5.88 Å². The zero-order valence-electron chi connectivity index (χ0n) is 10.6. The van der Waals surface area contributed by atoms with Gasteiger partial charge < -0.3 is 10.1 Å². The maximum absolute atomic E-state index is 12.6. The third kappa shape index (κ3) is 2.01. The standard InChI is InChI=1S/C14H18N2O2/c1-18-14-12(3-2-6-15-14)13(17)9-7-10-4-5-11(8-9)16-10/h2-3,6,9-11,16H,4-5,7-8H2,1H3. The van der Waals surface area contributed by atoms with Crippen LogP contribution in [0.25, 0.3) is 0 Å². The molecule has 1 aromatic rings. The smallest absolute Gasteiger partial charge is 0.224 e. The van der Waals surface area contributed by atoms with Crippen LogP contribution >= 0.6 is 0 Å². The Kier molecular flexibility index (Phi) is 3.04. The number of carbonyl (C=O) groups excluding carboxylic acids is 1. The second kappa shape index (κ2) is 4.69. The lowest BCUT2D eigenvalue weighted by Gasteiger charge is -2.28. The Hall–Kier alpha value is -1.42. The molecular formula is C14H18N2O2. The highest BCUT2D eigenvalue weighted by molar-refractivity contribution is 5.99. The van der Waals surface area contributed by atoms with E-state index < -0.39 is 0 Å². The van der Waals surface area contributed by atoms with Gasteiger partial charge in [-0.1, -0.05) is 0 Å². The van der Waals surface area contributed by atoms with Crippen molar-refractivity contribution in [2.45, 2.75) is 37.8 Å². The average Bonchev–Trinajstić information content (AvgIpc) is 2.76. The average molecular weight is 246 g/mol. The molecule has 2 atom stereocenters. The van der Waals surface area contributed by atoms with Crippen molar-refractivity contribution in [3.8, 4) is 5.88 Å². The molecule has 4 nitrogen and oxygen atoms in total. The first-order valence-electron chi connectivity index (χ1n) is 6.57. The second-order valence-corrected chi connectivity index (χ2v) is 5.23. The van der Waals surface area contributed by atoms with Gasteiger partial charge in [-0.2, -0.15) is 0 Å². The molecule has 4 heteroatoms. The number of ether oxygens (including phenoxy) is 1. The van der Waals surface area contributed by atoms with Crippen LogP contribution in [0.2, 0.25) is 0 Å². The van der Waals surface area contributed by atoms with Gasteiger partial charge in [0.1, 0.15) is 0 Å². The first-order chi connectivity index (χ1) is 8.78. The number of nitrogens with one attached hydrogen (secondary N) is 1. The van der Waals surface area contributed by atoms with Gasteiger partial charge in [0, 0.05) is 24.2 Å². The normalized spacial score (nSPS) is 30.2. The summed E-state index contributed by atoms with van der Waals surface area (Å²) in [5, 5.41) is 3.56. The molecule has 2 saturated heterocycles. The van der Waals surface area contributed by atoms with Gasteiger partial charge in [-0.15, -0.1) is 0 Å². The number of rotatable bonds is 3. The van der Waals surface area contributed by atoms with Crippen molar-refractivity contribution in [1.29, 1.82) is 0 Å². The number of pyridine rings is 1. The number of fused-ring (bicyclic) bond motifs is 2. The predicted molar refractivity (Wildman–Crippen MR) is 67.8 cm³/mol. The molecule has 3 rings (SSSR count). The van der Waals surface area contributed by atoms with Crippen molar-refractivity contribution < 1.29 is 9.53 Å². The van der Waals surface area contributed by atoms with E-state index in [0.29, 0.717) is 23.5 Å². The van der Waals surface area contributed by atoms with Crippen LogP contribution in [0.4, 0.5) is 0 Å². The number of piperidine rings is 1. The SMILES string of the molecule is COc1ncccc1C(=O)C1CC2CCC(C1)N2. The minimum absolute atomic E-state index is 0.127. The highest BCUT2D eigenvalue weighted by atomic mass is 16.5. The predicted octanol–water partition coefficient (Wildman–Crippen LogP) is 1.80. The van der Waals surface area contributed by atoms with E-state index in [1.54, 1.807) is 19.4 Å². The lowest BCUT2D eigenvalue weighted by molar-refractivity contribution is 0.0871. The topological polar surface area (TPSA) is 51.2 Å². The number of nitrogens with zero attached hydrogens (tertiary/aromatic N) is 1. The van der Waals surface area contributed by atoms with E-state index in [-0.39, 0.29) is 11.7 Å². The van der Waals surface area contributed by atoms with Crippen molar-refractivity contribution in [3.05, 3.63) is 23.9 Å². The van der Waals surface area contributed by atoms with Gasteiger partial charge in [-0.05, 0) is 37.8 Å². The molecule has 2 unspecified atom stereocenters. The molecule has 3 heterocycles. The molecule has 2 aliphatic heterocycles. The van der Waals surface area contributed by atoms with E-state index in [0.717, 1.165) is 12.8 Å². The zero-order chi connectivity index (χ0) is 12.5. The van der Waals surface area contributed by atoms with Crippen LogP contribution in [-0.4, -0.2) is 30.0 Å². The number of carbonyl (C=O) groups is 1. The Morgan fingerprint density at radius 1 is 1.39 bits per heavy atom. The molecule has 2 aliphatic rings. The molecule has 96 valence electrons. The largest absolute Gasteiger partial charge is 0.480 e. The fourth-order valence-electron chi connectivity index (χ4n) is 3.23. The Morgan fingerprint density at radius 3 is 2.78 bits per heavy atom. The Balaban J connectivity index is 1.82. The minimum atomic E-state index is 0.127. The first kappa shape index (κ1) is 11.7. The van der Waals surface area contributed by atoms with E-state index >= 15 is 0 Å². The Morgan fingerprint density at radius 2 is 2.11 bits per heavy atom. The summed E-state index contributed by atoms with van der Waals surface area (Å²) in [7, 11) is 1.56. The van der Waals surface area contributed by atoms with Gasteiger partial charge >= 0.3 is 0 Å². The van der Waals surface area contributed by atoms with Gasteiger partial charge in [0.25, 0.3) is 0 Å². The maximum atomic E-state index is 12.6. The molecule has 0 spiro atoms. The molecule has 0 saturated carbocycles. The van der Waals surface area contributed by atoms with Gasteiger partial charge in [0.15, 0.2) is 5.78 Å². The van der Waals surface area contributed by atoms with E-state index in [4.69, 9.17) is 4.74 Å². The monoisotopic (exact) mass is 246 g/mol. The number of methoxy groups -OCH3 is 1. The van der Waals surface area contributed by atoms with Gasteiger partial charge in [-0.3, -0.25) is 4.79 Å². The Bertz CT molecular complexity index is 449. The Labute approximate surface area is 107 Å². The molecule has 2 fully saturated rings. The number of hydrogen-bond donors (Lipinski definition) is 1. The minimum Gasteiger partial charge on any atom is -0.480 e. The third-order valence-corrected chi connectivity index (χ3v) is 4.07. The molecule has 2 bridgehead atoms. The van der Waals surface area contributed by atoms with Crippen LogP contribution in [0.15, 0.2) is 18.3 Å². The molecule has 1 aromatic heterocycles. The summed E-state index contributed by atoms with van der Waals surface area (Å²) in [6.45, 7) is 0. The zero-order valence-corrected chi connectivity index (χ0v) is 10.6. The fraction of sp³-hybridized carbons (Fsp3) is 0.571. The van der Waals surface area contributed by atoms with Crippen molar-refractivity contribution >= 4 is 5.78 Å². The summed E-state index contributed by atoms with van der Waals surface area (Å²) in [5.41, 5.74) is 0.631. The van der Waals surface area contributed by atoms with E-state index in [1.807, 2.05) is 6.07 Å². The van der Waals surface area contributed by atoms with E-state index in [2.05, 4.69) is 10.3 Å². The molecule has 0 amide bonds. The van der Waals surface area contributed by atoms with Crippen LogP contribution in [0.1, 0.15) is 36.0 Å². The molecule has 18 heavy (non-hydrogen) atoms. The summed E-state index contributed by atoms with van der Waals surface area (Å²) in [4.78, 5) is 16.7. The number of ketones is 1. The van der Waals surface area contributed by atoms with Crippen LogP contribution in [0.3, 0.4) is 0 Å². The van der Waals surface area contributed by atoms with Crippen molar-refractivity contribution in [2.24, 2.45) is 5.92 Å². The lowest BCUT2D eigenvalue weighted by atomic mass is 9.86. The quantitative estimate of drug-likeness (QED) is 0.826. The van der Waals surface area contributed by atoms with Crippen molar-refractivity contribution in [3.63, 3.8) is 0 Å².